The number of thioether (sulfide) groups is 1. The minimum absolute atomic E-state index is 0.0486. The maximum absolute atomic E-state index is 15.6. The Hall–Kier alpha value is -9.26. The fourth-order valence-corrected chi connectivity index (χ4v) is 12.3. The van der Waals surface area contributed by atoms with Crippen LogP contribution in [0.5, 0.6) is 23.0 Å². The second-order valence-corrected chi connectivity index (χ2v) is 21.4. The van der Waals surface area contributed by atoms with Crippen molar-refractivity contribution in [2.75, 3.05) is 40.3 Å². The highest BCUT2D eigenvalue weighted by Crippen LogP contribution is 2.49. The maximum atomic E-state index is 15.6. The third-order valence-electron chi connectivity index (χ3n) is 15.0. The van der Waals surface area contributed by atoms with Crippen molar-refractivity contribution >= 4 is 29.7 Å². The molecular weight excluding hydrogens is 1040 g/mol. The molecule has 0 radical (unpaired) electrons. The molecule has 12 heteroatoms. The topological polar surface area (TPSA) is 133 Å². The van der Waals surface area contributed by atoms with Crippen molar-refractivity contribution in [3.8, 4) is 34.1 Å². The van der Waals surface area contributed by atoms with Gasteiger partial charge in [-0.15, -0.1) is 11.8 Å². The molecule has 1 aliphatic rings. The molecule has 0 bridgehead atoms. The van der Waals surface area contributed by atoms with Crippen LogP contribution in [0.25, 0.3) is 11.1 Å². The van der Waals surface area contributed by atoms with Gasteiger partial charge in [0.2, 0.25) is 5.91 Å². The van der Waals surface area contributed by atoms with Gasteiger partial charge in [-0.25, -0.2) is 4.79 Å². The van der Waals surface area contributed by atoms with Crippen molar-refractivity contribution in [3.05, 3.63) is 286 Å². The average Bonchev–Trinajstić information content (AvgIpc) is 2.77. The molecular formula is C70H65N3O8S. The van der Waals surface area contributed by atoms with E-state index in [9.17, 15) is 9.59 Å². The van der Waals surface area contributed by atoms with Gasteiger partial charge in [-0.3, -0.25) is 9.59 Å². The lowest BCUT2D eigenvalue weighted by Crippen LogP contribution is -2.50. The number of benzene rings is 9. The van der Waals surface area contributed by atoms with Crippen LogP contribution < -0.4 is 34.9 Å². The molecule has 0 heterocycles. The van der Waals surface area contributed by atoms with E-state index in [2.05, 4.69) is 64.5 Å². The summed E-state index contributed by atoms with van der Waals surface area (Å²) in [5, 5.41) is 9.54. The van der Waals surface area contributed by atoms with Crippen LogP contribution in [0.1, 0.15) is 79.2 Å². The highest BCUT2D eigenvalue weighted by molar-refractivity contribution is 8.00. The Labute approximate surface area is 484 Å². The summed E-state index contributed by atoms with van der Waals surface area (Å²) in [5.74, 6) is 1.25. The zero-order chi connectivity index (χ0) is 57.0. The number of methoxy groups -OCH3 is 3. The number of rotatable bonds is 22. The van der Waals surface area contributed by atoms with Crippen molar-refractivity contribution in [1.29, 1.82) is 0 Å². The Morgan fingerprint density at radius 2 is 0.988 bits per heavy atom. The summed E-state index contributed by atoms with van der Waals surface area (Å²) in [6, 6.07) is 71.0. The molecule has 9 aromatic rings. The smallest absolute Gasteiger partial charge is 0.407 e. The van der Waals surface area contributed by atoms with Gasteiger partial charge >= 0.3 is 6.09 Å². The quantitative estimate of drug-likeness (QED) is 0.0567. The molecule has 3 N–H and O–H groups in total. The minimum Gasteiger partial charge on any atom is -0.497 e. The molecule has 82 heavy (non-hydrogen) atoms. The van der Waals surface area contributed by atoms with Crippen molar-refractivity contribution in [3.63, 3.8) is 0 Å². The van der Waals surface area contributed by atoms with E-state index in [0.29, 0.717) is 34.1 Å². The van der Waals surface area contributed by atoms with Gasteiger partial charge in [-0.2, -0.15) is 0 Å². The fourth-order valence-electron chi connectivity index (χ4n) is 10.7. The van der Waals surface area contributed by atoms with Crippen LogP contribution in [0.4, 0.5) is 4.79 Å². The third kappa shape index (κ3) is 12.5. The second kappa shape index (κ2) is 25.9. The normalized spacial score (nSPS) is 12.5. The Kier molecular flexibility index (Phi) is 17.7. The maximum Gasteiger partial charge on any atom is 0.407 e. The van der Waals surface area contributed by atoms with Crippen molar-refractivity contribution < 1.29 is 38.1 Å². The summed E-state index contributed by atoms with van der Waals surface area (Å²) < 4.78 is 28.6. The first kappa shape index (κ1) is 56.0. The highest BCUT2D eigenvalue weighted by atomic mass is 32.2. The van der Waals surface area contributed by atoms with Gasteiger partial charge in [0.05, 0.1) is 38.2 Å². The number of hydrogen-bond acceptors (Lipinski definition) is 9. The molecule has 2 atom stereocenters. The summed E-state index contributed by atoms with van der Waals surface area (Å²) in [6.45, 7) is 3.87. The van der Waals surface area contributed by atoms with Crippen LogP contribution in [0.2, 0.25) is 0 Å². The Balaban J connectivity index is 0.960. The summed E-state index contributed by atoms with van der Waals surface area (Å²) in [5.41, 5.74) is 12.6. The number of amides is 3. The minimum atomic E-state index is -1.16. The summed E-state index contributed by atoms with van der Waals surface area (Å²) >= 11 is 1.53. The number of ether oxygens (including phenoxy) is 5. The molecule has 1 aliphatic carbocycles. The predicted molar refractivity (Wildman–Crippen MR) is 324 cm³/mol. The number of hydrogen-bond donors (Lipinski definition) is 3. The van der Waals surface area contributed by atoms with Crippen LogP contribution in [-0.2, 0) is 19.1 Å². The Morgan fingerprint density at radius 3 is 1.54 bits per heavy atom. The zero-order valence-electron chi connectivity index (χ0n) is 46.5. The molecule has 414 valence electrons. The largest absolute Gasteiger partial charge is 0.497 e. The molecule has 11 nitrogen and oxygen atoms in total. The molecule has 0 saturated carbocycles. The van der Waals surface area contributed by atoms with Gasteiger partial charge in [0.25, 0.3) is 5.91 Å². The van der Waals surface area contributed by atoms with Crippen LogP contribution in [-0.4, -0.2) is 64.2 Å². The first-order valence-electron chi connectivity index (χ1n) is 27.2. The molecule has 0 aliphatic heterocycles. The first-order chi connectivity index (χ1) is 40.0. The van der Waals surface area contributed by atoms with E-state index in [1.807, 2.05) is 166 Å². The molecule has 0 aromatic heterocycles. The van der Waals surface area contributed by atoms with Gasteiger partial charge in [0.1, 0.15) is 35.6 Å². The number of carbonyl (C=O) groups excluding carboxylic acids is 3. The number of carbonyl (C=O) groups is 3. The molecule has 0 fully saturated rings. The van der Waals surface area contributed by atoms with Crippen LogP contribution in [0.3, 0.4) is 0 Å². The van der Waals surface area contributed by atoms with Gasteiger partial charge in [0.15, 0.2) is 6.61 Å². The van der Waals surface area contributed by atoms with E-state index >= 15 is 4.79 Å². The van der Waals surface area contributed by atoms with E-state index in [1.54, 1.807) is 45.6 Å². The molecule has 3 amide bonds. The standard InChI is InChI=1S/C70H65N3O8S/c1-46-24-28-48(29-25-46)66(49-30-26-47(2)27-31-49)72-65(74)44-80-55-36-32-50(33-37-55)67(61-41-40-56(78-4)42-64(61)79-5)73-68(75)63(71-69(76)81-43-62-59-22-14-12-20-57(59)58-21-13-15-23-60(58)62)45-82-70(51-16-8-6-9-17-51,52-18-10-7-11-19-52)53-34-38-54(77-3)39-35-53/h6-42,62-63,66-67H,43-45H2,1-5H3,(H,71,76)(H,72,74)(H,73,75)/t63-,67?/m0/s1. The van der Waals surface area contributed by atoms with E-state index < -0.39 is 28.8 Å². The van der Waals surface area contributed by atoms with Gasteiger partial charge < -0.3 is 39.6 Å². The molecule has 0 saturated heterocycles. The third-order valence-corrected chi connectivity index (χ3v) is 16.7. The first-order valence-corrected chi connectivity index (χ1v) is 28.2. The molecule has 0 spiro atoms. The second-order valence-electron chi connectivity index (χ2n) is 20.2. The summed E-state index contributed by atoms with van der Waals surface area (Å²) in [6.07, 6.45) is -0.745. The molecule has 9 aromatic carbocycles. The van der Waals surface area contributed by atoms with Crippen molar-refractivity contribution in [1.82, 2.24) is 16.0 Å². The molecule has 10 rings (SSSR count). The average molecular weight is 1110 g/mol. The van der Waals surface area contributed by atoms with E-state index in [0.717, 1.165) is 61.2 Å². The Morgan fingerprint density at radius 1 is 0.500 bits per heavy atom. The van der Waals surface area contributed by atoms with Crippen LogP contribution in [0.15, 0.2) is 224 Å². The summed E-state index contributed by atoms with van der Waals surface area (Å²) in [7, 11) is 4.77. The van der Waals surface area contributed by atoms with Crippen LogP contribution in [0, 0.1) is 13.8 Å². The summed E-state index contributed by atoms with van der Waals surface area (Å²) in [4.78, 5) is 43.8. The predicted octanol–water partition coefficient (Wildman–Crippen LogP) is 13.5. The van der Waals surface area contributed by atoms with E-state index in [-0.39, 0.29) is 36.8 Å². The Bertz CT molecular complexity index is 3490. The highest BCUT2D eigenvalue weighted by Gasteiger charge is 2.40. The van der Waals surface area contributed by atoms with Crippen LogP contribution >= 0.6 is 11.8 Å². The molecule has 1 unspecified atom stereocenters. The number of nitrogens with one attached hydrogen (secondary N) is 3. The van der Waals surface area contributed by atoms with Gasteiger partial charge in [-0.05, 0) is 106 Å². The number of alkyl carbamates (subject to hydrolysis) is 1. The SMILES string of the molecule is COc1ccc(C(SC[C@H](NC(=O)OCC2c3ccccc3-c3ccccc32)C(=O)NC(c2ccc(OCC(=O)NC(c3ccc(C)cc3)c3ccc(C)cc3)cc2)c2ccc(OC)cc2OC)(c2ccccc2)c2ccccc2)cc1. The zero-order valence-corrected chi connectivity index (χ0v) is 47.3. The fraction of sp³-hybridized carbons (Fsp3) is 0.186. The number of aryl methyl sites for hydroxylation is 2. The monoisotopic (exact) mass is 1110 g/mol. The lowest BCUT2D eigenvalue weighted by Gasteiger charge is -2.36. The van der Waals surface area contributed by atoms with Crippen molar-refractivity contribution in [2.45, 2.75) is 42.6 Å². The van der Waals surface area contributed by atoms with E-state index in [4.69, 9.17) is 23.7 Å². The number of fused-ring (bicyclic) bond motifs is 3. The lowest BCUT2D eigenvalue weighted by molar-refractivity contribution is -0.124. The van der Waals surface area contributed by atoms with Gasteiger partial charge in [0, 0.05) is 23.3 Å². The van der Waals surface area contributed by atoms with Crippen molar-refractivity contribution in [2.24, 2.45) is 0 Å². The van der Waals surface area contributed by atoms with Gasteiger partial charge in [-0.1, -0.05) is 193 Å². The lowest BCUT2D eigenvalue weighted by atomic mass is 9.84. The van der Waals surface area contributed by atoms with E-state index in [1.165, 1.54) is 11.8 Å².